The first-order chi connectivity index (χ1) is 8.90. The van der Waals surface area contributed by atoms with Crippen molar-refractivity contribution in [1.29, 1.82) is 0 Å². The molecule has 0 unspecified atom stereocenters. The highest BCUT2D eigenvalue weighted by molar-refractivity contribution is 6.33. The van der Waals surface area contributed by atoms with Crippen LogP contribution in [0.2, 0.25) is 5.02 Å². The van der Waals surface area contributed by atoms with Gasteiger partial charge in [-0.2, -0.15) is 0 Å². The highest BCUT2D eigenvalue weighted by Crippen LogP contribution is 2.26. The van der Waals surface area contributed by atoms with Gasteiger partial charge in [0.1, 0.15) is 0 Å². The molecule has 0 heterocycles. The van der Waals surface area contributed by atoms with E-state index in [0.29, 0.717) is 0 Å². The van der Waals surface area contributed by atoms with Gasteiger partial charge in [-0.05, 0) is 6.07 Å². The van der Waals surface area contributed by atoms with Gasteiger partial charge in [0.2, 0.25) is 0 Å². The average Bonchev–Trinajstić information content (AvgIpc) is 2.31. The first kappa shape index (κ1) is 14.7. The number of hydrogen-bond donors (Lipinski definition) is 3. The predicted octanol–water partition coefficient (Wildman–Crippen LogP) is 1.39. The number of hydroxylamine groups is 1. The van der Waals surface area contributed by atoms with Crippen LogP contribution in [-0.4, -0.2) is 28.6 Å². The van der Waals surface area contributed by atoms with Crippen LogP contribution in [-0.2, 0) is 9.63 Å². The number of nitro benzene ring substituents is 1. The molecule has 2 amide bonds. The number of hydrogen-bond acceptors (Lipinski definition) is 5. The summed E-state index contributed by atoms with van der Waals surface area (Å²) in [5.74, 6) is -1.27. The number of urea groups is 1. The van der Waals surface area contributed by atoms with Gasteiger partial charge in [0.15, 0.2) is 6.61 Å². The van der Waals surface area contributed by atoms with Crippen LogP contribution in [0.5, 0.6) is 0 Å². The van der Waals surface area contributed by atoms with Crippen molar-refractivity contribution in [3.8, 4) is 0 Å². The number of rotatable bonds is 5. The van der Waals surface area contributed by atoms with Crippen molar-refractivity contribution < 1.29 is 24.5 Å². The second kappa shape index (κ2) is 6.52. The lowest BCUT2D eigenvalue weighted by molar-refractivity contribution is -0.384. The van der Waals surface area contributed by atoms with E-state index in [0.717, 1.165) is 6.07 Å². The predicted molar refractivity (Wildman–Crippen MR) is 63.8 cm³/mol. The van der Waals surface area contributed by atoms with E-state index >= 15 is 0 Å². The minimum Gasteiger partial charge on any atom is -0.479 e. The molecule has 102 valence electrons. The zero-order valence-corrected chi connectivity index (χ0v) is 10.0. The average molecular weight is 290 g/mol. The van der Waals surface area contributed by atoms with Crippen LogP contribution < -0.4 is 10.8 Å². The maximum Gasteiger partial charge on any atom is 0.343 e. The largest absolute Gasteiger partial charge is 0.479 e. The third-order valence-electron chi connectivity index (χ3n) is 1.77. The molecule has 19 heavy (non-hydrogen) atoms. The molecule has 0 aromatic heterocycles. The number of carbonyl (C=O) groups excluding carboxylic acids is 1. The van der Waals surface area contributed by atoms with Crippen molar-refractivity contribution in [2.24, 2.45) is 0 Å². The van der Waals surface area contributed by atoms with Crippen LogP contribution in [0.25, 0.3) is 0 Å². The fourth-order valence-corrected chi connectivity index (χ4v) is 1.20. The lowest BCUT2D eigenvalue weighted by atomic mass is 10.3. The number of nitrogens with zero attached hydrogens (tertiary/aromatic N) is 1. The number of anilines is 1. The summed E-state index contributed by atoms with van der Waals surface area (Å²) in [5.41, 5.74) is 1.51. The van der Waals surface area contributed by atoms with Crippen molar-refractivity contribution in [3.05, 3.63) is 33.3 Å². The summed E-state index contributed by atoms with van der Waals surface area (Å²) in [6.45, 7) is -0.726. The Hall–Kier alpha value is -2.39. The Balaban J connectivity index is 2.65. The minimum absolute atomic E-state index is 0.00714. The number of aliphatic carboxylic acids is 1. The SMILES string of the molecule is O=C(O)CONC(=O)Nc1cc([N+](=O)[O-])ccc1Cl. The number of carboxylic acids is 1. The smallest absolute Gasteiger partial charge is 0.343 e. The molecular formula is C9H8ClN3O6. The molecule has 10 heteroatoms. The summed E-state index contributed by atoms with van der Waals surface area (Å²) in [7, 11) is 0. The molecule has 0 saturated carbocycles. The Morgan fingerprint density at radius 1 is 1.47 bits per heavy atom. The summed E-state index contributed by atoms with van der Waals surface area (Å²) in [5, 5.41) is 21.1. The zero-order chi connectivity index (χ0) is 14.4. The van der Waals surface area contributed by atoms with Crippen LogP contribution in [0.15, 0.2) is 18.2 Å². The molecule has 0 aliphatic heterocycles. The Kier molecular flexibility index (Phi) is 5.03. The van der Waals surface area contributed by atoms with Gasteiger partial charge in [0.25, 0.3) is 5.69 Å². The van der Waals surface area contributed by atoms with Gasteiger partial charge in [0, 0.05) is 12.1 Å². The van der Waals surface area contributed by atoms with Crippen LogP contribution in [0.4, 0.5) is 16.2 Å². The molecule has 9 nitrogen and oxygen atoms in total. The van der Waals surface area contributed by atoms with Crippen LogP contribution in [0.3, 0.4) is 0 Å². The number of benzene rings is 1. The molecule has 0 aliphatic carbocycles. The summed E-state index contributed by atoms with van der Waals surface area (Å²) >= 11 is 5.73. The van der Waals surface area contributed by atoms with Gasteiger partial charge in [-0.25, -0.2) is 15.1 Å². The molecule has 0 fully saturated rings. The number of non-ortho nitro benzene ring substituents is 1. The van der Waals surface area contributed by atoms with E-state index in [1.165, 1.54) is 12.1 Å². The number of carboxylic acid groups (broad SMARTS) is 1. The van der Waals surface area contributed by atoms with Gasteiger partial charge < -0.3 is 10.4 Å². The second-order valence-corrected chi connectivity index (χ2v) is 3.57. The third kappa shape index (κ3) is 4.77. The molecule has 1 aromatic carbocycles. The highest BCUT2D eigenvalue weighted by atomic mass is 35.5. The molecule has 0 saturated heterocycles. The van der Waals surface area contributed by atoms with Crippen molar-refractivity contribution in [3.63, 3.8) is 0 Å². The lowest BCUT2D eigenvalue weighted by Gasteiger charge is -2.07. The zero-order valence-electron chi connectivity index (χ0n) is 9.25. The summed E-state index contributed by atoms with van der Waals surface area (Å²) in [6, 6.07) is 2.56. The van der Waals surface area contributed by atoms with Crippen molar-refractivity contribution in [1.82, 2.24) is 5.48 Å². The fourth-order valence-electron chi connectivity index (χ4n) is 1.03. The normalized spacial score (nSPS) is 9.74. The molecule has 1 aromatic rings. The second-order valence-electron chi connectivity index (χ2n) is 3.16. The maximum atomic E-state index is 11.3. The molecule has 3 N–H and O–H groups in total. The molecule has 0 spiro atoms. The lowest BCUT2D eigenvalue weighted by Crippen LogP contribution is -2.30. The van der Waals surface area contributed by atoms with Gasteiger partial charge in [0.05, 0.1) is 15.6 Å². The standard InChI is InChI=1S/C9H8ClN3O6/c10-6-2-1-5(13(17)18)3-7(6)11-9(16)12-19-4-8(14)15/h1-3H,4H2,(H,14,15)(H2,11,12,16). The van der Waals surface area contributed by atoms with E-state index in [1.54, 1.807) is 5.48 Å². The van der Waals surface area contributed by atoms with E-state index in [4.69, 9.17) is 16.7 Å². The molecule has 0 atom stereocenters. The van der Waals surface area contributed by atoms with Crippen LogP contribution in [0, 0.1) is 10.1 Å². The van der Waals surface area contributed by atoms with Gasteiger partial charge >= 0.3 is 12.0 Å². The monoisotopic (exact) mass is 289 g/mol. The molecule has 1 rings (SSSR count). The van der Waals surface area contributed by atoms with E-state index in [1.807, 2.05) is 0 Å². The van der Waals surface area contributed by atoms with Gasteiger partial charge in [-0.3, -0.25) is 15.0 Å². The molecular weight excluding hydrogens is 282 g/mol. The van der Waals surface area contributed by atoms with Gasteiger partial charge in [-0.1, -0.05) is 11.6 Å². The third-order valence-corrected chi connectivity index (χ3v) is 2.10. The number of amides is 2. The highest BCUT2D eigenvalue weighted by Gasteiger charge is 2.12. The number of carbonyl (C=O) groups is 2. The molecule has 0 bridgehead atoms. The number of nitrogens with one attached hydrogen (secondary N) is 2. The Morgan fingerprint density at radius 3 is 2.74 bits per heavy atom. The first-order valence-electron chi connectivity index (χ1n) is 4.74. The van der Waals surface area contributed by atoms with E-state index < -0.39 is 23.5 Å². The van der Waals surface area contributed by atoms with Crippen molar-refractivity contribution in [2.75, 3.05) is 11.9 Å². The molecule has 0 radical (unpaired) electrons. The van der Waals surface area contributed by atoms with Crippen molar-refractivity contribution >= 4 is 35.0 Å². The number of nitro groups is 1. The first-order valence-corrected chi connectivity index (χ1v) is 5.12. The van der Waals surface area contributed by atoms with Crippen molar-refractivity contribution in [2.45, 2.75) is 0 Å². The fraction of sp³-hybridized carbons (Fsp3) is 0.111. The summed E-state index contributed by atoms with van der Waals surface area (Å²) in [4.78, 5) is 35.6. The number of halogens is 1. The quantitative estimate of drug-likeness (QED) is 0.554. The topological polar surface area (TPSA) is 131 Å². The minimum atomic E-state index is -1.27. The van der Waals surface area contributed by atoms with Crippen LogP contribution >= 0.6 is 11.6 Å². The Morgan fingerprint density at radius 2 is 2.16 bits per heavy atom. The Labute approximate surface area is 111 Å². The summed E-state index contributed by atoms with van der Waals surface area (Å²) < 4.78 is 0. The summed E-state index contributed by atoms with van der Waals surface area (Å²) in [6.07, 6.45) is 0. The Bertz CT molecular complexity index is 521. The van der Waals surface area contributed by atoms with E-state index in [9.17, 15) is 19.7 Å². The maximum absolute atomic E-state index is 11.3. The van der Waals surface area contributed by atoms with E-state index in [2.05, 4.69) is 10.2 Å². The molecule has 0 aliphatic rings. The van der Waals surface area contributed by atoms with Gasteiger partial charge in [-0.15, -0.1) is 0 Å². The van der Waals surface area contributed by atoms with Crippen LogP contribution in [0.1, 0.15) is 0 Å². The van der Waals surface area contributed by atoms with E-state index in [-0.39, 0.29) is 16.4 Å².